The Morgan fingerprint density at radius 3 is 2.00 bits per heavy atom. The fraction of sp³-hybridized carbons (Fsp3) is 0.250. The topological polar surface area (TPSA) is 60.2 Å². The molecule has 2 atom stereocenters. The zero-order valence-corrected chi connectivity index (χ0v) is 12.3. The van der Waals surface area contributed by atoms with Gasteiger partial charge in [0.05, 0.1) is 11.0 Å². The van der Waals surface area contributed by atoms with E-state index in [1.807, 2.05) is 60.7 Å². The predicted molar refractivity (Wildman–Crippen MR) is 81.9 cm³/mol. The van der Waals surface area contributed by atoms with Gasteiger partial charge in [0.2, 0.25) is 0 Å². The molecular formula is C16H19NO2S. The van der Waals surface area contributed by atoms with E-state index >= 15 is 0 Å². The summed E-state index contributed by atoms with van der Waals surface area (Å²) < 4.78 is 24.9. The third-order valence-electron chi connectivity index (χ3n) is 3.47. The van der Waals surface area contributed by atoms with Crippen molar-refractivity contribution in [2.24, 2.45) is 5.73 Å². The lowest BCUT2D eigenvalue weighted by Crippen LogP contribution is -2.32. The second kappa shape index (κ2) is 6.20. The molecule has 106 valence electrons. The first kappa shape index (κ1) is 14.8. The second-order valence-electron chi connectivity index (χ2n) is 4.93. The van der Waals surface area contributed by atoms with Gasteiger partial charge in [0.15, 0.2) is 9.84 Å². The lowest BCUT2D eigenvalue weighted by Gasteiger charge is -2.20. The van der Waals surface area contributed by atoms with E-state index in [0.717, 1.165) is 11.1 Å². The maximum absolute atomic E-state index is 12.4. The molecule has 0 saturated heterocycles. The molecule has 0 aliphatic rings. The molecule has 0 aliphatic heterocycles. The summed E-state index contributed by atoms with van der Waals surface area (Å²) in [5, 5.41) is -0.620. The second-order valence-corrected chi connectivity index (χ2v) is 7.29. The highest BCUT2D eigenvalue weighted by molar-refractivity contribution is 7.91. The Morgan fingerprint density at radius 1 is 0.950 bits per heavy atom. The molecule has 2 aromatic carbocycles. The summed E-state index contributed by atoms with van der Waals surface area (Å²) in [6.07, 6.45) is 0. The van der Waals surface area contributed by atoms with Gasteiger partial charge in [-0.1, -0.05) is 60.7 Å². The first-order valence-corrected chi connectivity index (χ1v) is 8.28. The van der Waals surface area contributed by atoms with Gasteiger partial charge >= 0.3 is 0 Å². The molecule has 2 unspecified atom stereocenters. The Hall–Kier alpha value is -1.65. The number of sulfone groups is 1. The van der Waals surface area contributed by atoms with E-state index in [2.05, 4.69) is 0 Å². The van der Waals surface area contributed by atoms with Gasteiger partial charge in [-0.2, -0.15) is 0 Å². The Morgan fingerprint density at radius 2 is 1.45 bits per heavy atom. The maximum atomic E-state index is 12.4. The summed E-state index contributed by atoms with van der Waals surface area (Å²) in [5.74, 6) is 0.0234. The third kappa shape index (κ3) is 3.46. The molecule has 0 spiro atoms. The molecule has 0 aromatic heterocycles. The van der Waals surface area contributed by atoms with Crippen LogP contribution in [0.4, 0.5) is 0 Å². The smallest absolute Gasteiger partial charge is 0.158 e. The van der Waals surface area contributed by atoms with Crippen LogP contribution in [0, 0.1) is 0 Å². The first-order valence-electron chi connectivity index (χ1n) is 6.57. The Labute approximate surface area is 120 Å². The van der Waals surface area contributed by atoms with Crippen molar-refractivity contribution in [3.05, 3.63) is 71.8 Å². The minimum absolute atomic E-state index is 0.0234. The van der Waals surface area contributed by atoms with Crippen molar-refractivity contribution in [2.45, 2.75) is 24.0 Å². The summed E-state index contributed by atoms with van der Waals surface area (Å²) in [6.45, 7) is 1.68. The number of benzene rings is 2. The van der Waals surface area contributed by atoms with Crippen molar-refractivity contribution in [1.29, 1.82) is 0 Å². The van der Waals surface area contributed by atoms with Gasteiger partial charge in [-0.15, -0.1) is 0 Å². The van der Waals surface area contributed by atoms with Gasteiger partial charge < -0.3 is 5.73 Å². The molecule has 2 aromatic rings. The standard InChI is InChI=1S/C16H19NO2S/c1-13(16(17)15-10-6-3-7-11-15)20(18,19)12-14-8-4-2-5-9-14/h2-11,13,16H,12,17H2,1H3. The summed E-state index contributed by atoms with van der Waals surface area (Å²) in [5.41, 5.74) is 7.73. The Bertz CT molecular complexity index is 639. The minimum Gasteiger partial charge on any atom is -0.323 e. The third-order valence-corrected chi connectivity index (χ3v) is 5.63. The number of rotatable bonds is 5. The Kier molecular flexibility index (Phi) is 4.57. The van der Waals surface area contributed by atoms with Gasteiger partial charge in [0.25, 0.3) is 0 Å². The molecule has 0 amide bonds. The van der Waals surface area contributed by atoms with Crippen LogP contribution in [0.15, 0.2) is 60.7 Å². The van der Waals surface area contributed by atoms with E-state index in [1.165, 1.54) is 0 Å². The molecule has 0 bridgehead atoms. The molecule has 4 heteroatoms. The summed E-state index contributed by atoms with van der Waals surface area (Å²) in [7, 11) is -3.29. The highest BCUT2D eigenvalue weighted by atomic mass is 32.2. The van der Waals surface area contributed by atoms with Crippen molar-refractivity contribution in [1.82, 2.24) is 0 Å². The normalized spacial score (nSPS) is 14.7. The quantitative estimate of drug-likeness (QED) is 0.920. The van der Waals surface area contributed by atoms with Crippen LogP contribution < -0.4 is 5.73 Å². The van der Waals surface area contributed by atoms with Gasteiger partial charge in [-0.25, -0.2) is 8.42 Å². The Balaban J connectivity index is 2.17. The van der Waals surface area contributed by atoms with E-state index in [0.29, 0.717) is 0 Å². The van der Waals surface area contributed by atoms with Gasteiger partial charge in [0, 0.05) is 6.04 Å². The van der Waals surface area contributed by atoms with Crippen molar-refractivity contribution >= 4 is 9.84 Å². The van der Waals surface area contributed by atoms with Crippen LogP contribution in [0.2, 0.25) is 0 Å². The molecule has 0 heterocycles. The summed E-state index contributed by atoms with van der Waals surface area (Å²) in [4.78, 5) is 0. The molecule has 2 rings (SSSR count). The van der Waals surface area contributed by atoms with E-state index in [-0.39, 0.29) is 5.75 Å². The summed E-state index contributed by atoms with van der Waals surface area (Å²) in [6, 6.07) is 18.0. The predicted octanol–water partition coefficient (Wildman–Crippen LogP) is 2.69. The lowest BCUT2D eigenvalue weighted by molar-refractivity contribution is 0.564. The van der Waals surface area contributed by atoms with Gasteiger partial charge in [-0.05, 0) is 18.1 Å². The van der Waals surface area contributed by atoms with E-state index in [9.17, 15) is 8.42 Å². The largest absolute Gasteiger partial charge is 0.323 e. The number of nitrogens with two attached hydrogens (primary N) is 1. The molecule has 20 heavy (non-hydrogen) atoms. The van der Waals surface area contributed by atoms with Gasteiger partial charge in [0.1, 0.15) is 0 Å². The molecule has 2 N–H and O–H groups in total. The molecule has 0 aliphatic carbocycles. The number of hydrogen-bond donors (Lipinski definition) is 1. The van der Waals surface area contributed by atoms with Crippen LogP contribution in [0.1, 0.15) is 24.1 Å². The monoisotopic (exact) mass is 289 g/mol. The van der Waals surface area contributed by atoms with Crippen LogP contribution in [-0.4, -0.2) is 13.7 Å². The van der Waals surface area contributed by atoms with Crippen LogP contribution in [0.3, 0.4) is 0 Å². The molecule has 0 fully saturated rings. The fourth-order valence-corrected chi connectivity index (χ4v) is 3.63. The first-order chi connectivity index (χ1) is 9.50. The average Bonchev–Trinajstić information content (AvgIpc) is 2.47. The van der Waals surface area contributed by atoms with Crippen LogP contribution in [-0.2, 0) is 15.6 Å². The minimum atomic E-state index is -3.29. The van der Waals surface area contributed by atoms with Crippen LogP contribution >= 0.6 is 0 Å². The molecular weight excluding hydrogens is 270 g/mol. The zero-order chi connectivity index (χ0) is 14.6. The molecule has 0 saturated carbocycles. The number of hydrogen-bond acceptors (Lipinski definition) is 3. The van der Waals surface area contributed by atoms with Crippen LogP contribution in [0.5, 0.6) is 0 Å². The van der Waals surface area contributed by atoms with Crippen molar-refractivity contribution in [2.75, 3.05) is 0 Å². The average molecular weight is 289 g/mol. The van der Waals surface area contributed by atoms with Gasteiger partial charge in [-0.3, -0.25) is 0 Å². The highest BCUT2D eigenvalue weighted by Crippen LogP contribution is 2.22. The molecule has 3 nitrogen and oxygen atoms in total. The van der Waals surface area contributed by atoms with E-state index in [4.69, 9.17) is 5.73 Å². The maximum Gasteiger partial charge on any atom is 0.158 e. The fourth-order valence-electron chi connectivity index (χ4n) is 2.11. The van der Waals surface area contributed by atoms with E-state index in [1.54, 1.807) is 6.92 Å². The molecule has 0 radical (unpaired) electrons. The van der Waals surface area contributed by atoms with Crippen molar-refractivity contribution in [3.63, 3.8) is 0 Å². The van der Waals surface area contributed by atoms with Crippen LogP contribution in [0.25, 0.3) is 0 Å². The van der Waals surface area contributed by atoms with E-state index < -0.39 is 21.1 Å². The SMILES string of the molecule is CC(C(N)c1ccccc1)S(=O)(=O)Cc1ccccc1. The van der Waals surface area contributed by atoms with Crippen molar-refractivity contribution in [3.8, 4) is 0 Å². The highest BCUT2D eigenvalue weighted by Gasteiger charge is 2.28. The lowest BCUT2D eigenvalue weighted by atomic mass is 10.1. The summed E-state index contributed by atoms with van der Waals surface area (Å²) >= 11 is 0. The zero-order valence-electron chi connectivity index (χ0n) is 11.4. The van der Waals surface area contributed by atoms with Crippen molar-refractivity contribution < 1.29 is 8.42 Å².